The van der Waals surface area contributed by atoms with E-state index in [-0.39, 0.29) is 0 Å². The Balaban J connectivity index is 1.95. The lowest BCUT2D eigenvalue weighted by Gasteiger charge is -2.10. The minimum atomic E-state index is -0.910. The van der Waals surface area contributed by atoms with Crippen LogP contribution in [0.2, 0.25) is 0 Å². The Morgan fingerprint density at radius 1 is 0.917 bits per heavy atom. The topological polar surface area (TPSA) is 50.2 Å². The minimum Gasteiger partial charge on any atom is -0.478 e. The number of hydrogen-bond donors (Lipinski definition) is 1. The molecular formula is C21H15NO2. The molecule has 0 bridgehead atoms. The van der Waals surface area contributed by atoms with Crippen LogP contribution in [0.3, 0.4) is 0 Å². The van der Waals surface area contributed by atoms with Crippen molar-refractivity contribution in [1.82, 2.24) is 4.98 Å². The maximum atomic E-state index is 11.2. The molecule has 116 valence electrons. The van der Waals surface area contributed by atoms with Gasteiger partial charge >= 0.3 is 5.97 Å². The van der Waals surface area contributed by atoms with Crippen molar-refractivity contribution in [3.8, 4) is 0 Å². The third kappa shape index (κ3) is 2.50. The summed E-state index contributed by atoms with van der Waals surface area (Å²) < 4.78 is 0. The lowest BCUT2D eigenvalue weighted by atomic mass is 9.97. The van der Waals surface area contributed by atoms with Crippen LogP contribution in [-0.2, 0) is 6.42 Å². The molecule has 3 heteroatoms. The van der Waals surface area contributed by atoms with Gasteiger partial charge < -0.3 is 5.11 Å². The Labute approximate surface area is 139 Å². The average molecular weight is 313 g/mol. The van der Waals surface area contributed by atoms with Gasteiger partial charge in [0.15, 0.2) is 0 Å². The van der Waals surface area contributed by atoms with Gasteiger partial charge in [-0.25, -0.2) is 4.79 Å². The standard InChI is InChI=1S/C21H15NO2/c23-21(24)17-8-9-18-16(13-17)7-6-15-10-11-22-19(20(15)18)12-14-4-2-1-3-5-14/h1-11,13H,12H2,(H,23,24). The van der Waals surface area contributed by atoms with Crippen LogP contribution in [-0.4, -0.2) is 16.1 Å². The third-order valence-corrected chi connectivity index (χ3v) is 4.29. The van der Waals surface area contributed by atoms with Gasteiger partial charge in [0.05, 0.1) is 11.3 Å². The Morgan fingerprint density at radius 3 is 2.50 bits per heavy atom. The quantitative estimate of drug-likeness (QED) is 0.559. The molecule has 0 spiro atoms. The first kappa shape index (κ1) is 14.4. The highest BCUT2D eigenvalue weighted by atomic mass is 16.4. The SMILES string of the molecule is O=C(O)c1ccc2c(ccc3ccnc(Cc4ccccc4)c32)c1. The summed E-state index contributed by atoms with van der Waals surface area (Å²) in [6, 6.07) is 21.5. The highest BCUT2D eigenvalue weighted by molar-refractivity contribution is 6.10. The van der Waals surface area contributed by atoms with E-state index >= 15 is 0 Å². The van der Waals surface area contributed by atoms with E-state index < -0.39 is 5.97 Å². The molecule has 3 aromatic carbocycles. The maximum Gasteiger partial charge on any atom is 0.335 e. The van der Waals surface area contributed by atoms with Crippen molar-refractivity contribution in [2.45, 2.75) is 6.42 Å². The summed E-state index contributed by atoms with van der Waals surface area (Å²) in [5, 5.41) is 13.4. The zero-order chi connectivity index (χ0) is 16.5. The van der Waals surface area contributed by atoms with Crippen molar-refractivity contribution < 1.29 is 9.90 Å². The van der Waals surface area contributed by atoms with Crippen LogP contribution in [0, 0.1) is 0 Å². The molecule has 24 heavy (non-hydrogen) atoms. The van der Waals surface area contributed by atoms with E-state index in [1.54, 1.807) is 12.1 Å². The molecule has 3 nitrogen and oxygen atoms in total. The molecule has 0 saturated heterocycles. The van der Waals surface area contributed by atoms with Gasteiger partial charge in [-0.15, -0.1) is 0 Å². The highest BCUT2D eigenvalue weighted by Crippen LogP contribution is 2.29. The molecular weight excluding hydrogens is 298 g/mol. The monoisotopic (exact) mass is 313 g/mol. The summed E-state index contributed by atoms with van der Waals surface area (Å²) in [5.74, 6) is -0.910. The molecule has 0 aliphatic carbocycles. The second-order valence-corrected chi connectivity index (χ2v) is 5.82. The lowest BCUT2D eigenvalue weighted by molar-refractivity contribution is 0.0697. The van der Waals surface area contributed by atoms with Crippen LogP contribution in [0.4, 0.5) is 0 Å². The average Bonchev–Trinajstić information content (AvgIpc) is 2.62. The first-order chi connectivity index (χ1) is 11.7. The zero-order valence-electron chi connectivity index (χ0n) is 12.9. The Bertz CT molecular complexity index is 1060. The first-order valence-corrected chi connectivity index (χ1v) is 7.80. The number of nitrogens with zero attached hydrogens (tertiary/aromatic N) is 1. The Morgan fingerprint density at radius 2 is 1.71 bits per heavy atom. The van der Waals surface area contributed by atoms with Gasteiger partial charge in [-0.3, -0.25) is 4.98 Å². The van der Waals surface area contributed by atoms with Crippen LogP contribution in [0.1, 0.15) is 21.6 Å². The number of aromatic nitrogens is 1. The number of hydrogen-bond acceptors (Lipinski definition) is 2. The number of carboxylic acid groups (broad SMARTS) is 1. The van der Waals surface area contributed by atoms with Crippen molar-refractivity contribution in [3.63, 3.8) is 0 Å². The number of pyridine rings is 1. The van der Waals surface area contributed by atoms with E-state index in [4.69, 9.17) is 0 Å². The van der Waals surface area contributed by atoms with Crippen molar-refractivity contribution in [2.24, 2.45) is 0 Å². The molecule has 1 aromatic heterocycles. The molecule has 0 aliphatic rings. The van der Waals surface area contributed by atoms with E-state index in [9.17, 15) is 9.90 Å². The molecule has 0 aliphatic heterocycles. The van der Waals surface area contributed by atoms with Crippen LogP contribution in [0.5, 0.6) is 0 Å². The molecule has 1 N–H and O–H groups in total. The molecule has 0 atom stereocenters. The minimum absolute atomic E-state index is 0.301. The van der Waals surface area contributed by atoms with Gasteiger partial charge in [0.2, 0.25) is 0 Å². The summed E-state index contributed by atoms with van der Waals surface area (Å²) >= 11 is 0. The van der Waals surface area contributed by atoms with E-state index in [2.05, 4.69) is 17.1 Å². The molecule has 0 unspecified atom stereocenters. The smallest absolute Gasteiger partial charge is 0.335 e. The summed E-state index contributed by atoms with van der Waals surface area (Å²) in [5.41, 5.74) is 2.51. The fourth-order valence-electron chi connectivity index (χ4n) is 3.14. The summed E-state index contributed by atoms with van der Waals surface area (Å²) in [6.45, 7) is 0. The lowest BCUT2D eigenvalue weighted by Crippen LogP contribution is -1.97. The fourth-order valence-corrected chi connectivity index (χ4v) is 3.14. The number of carbonyl (C=O) groups is 1. The van der Waals surface area contributed by atoms with Crippen LogP contribution in [0.15, 0.2) is 72.9 Å². The number of benzene rings is 3. The predicted molar refractivity (Wildman–Crippen MR) is 95.5 cm³/mol. The maximum absolute atomic E-state index is 11.2. The summed E-state index contributed by atoms with van der Waals surface area (Å²) in [7, 11) is 0. The van der Waals surface area contributed by atoms with Crippen LogP contribution < -0.4 is 0 Å². The molecule has 0 amide bonds. The Kier molecular flexibility index (Phi) is 3.47. The van der Waals surface area contributed by atoms with Crippen LogP contribution in [0.25, 0.3) is 21.5 Å². The van der Waals surface area contributed by atoms with Crippen molar-refractivity contribution in [1.29, 1.82) is 0 Å². The molecule has 0 radical (unpaired) electrons. The predicted octanol–water partition coefficient (Wildman–Crippen LogP) is 4.68. The second-order valence-electron chi connectivity index (χ2n) is 5.82. The molecule has 4 rings (SSSR count). The van der Waals surface area contributed by atoms with Crippen molar-refractivity contribution >= 4 is 27.5 Å². The van der Waals surface area contributed by atoms with E-state index in [1.807, 2.05) is 48.7 Å². The number of aromatic carboxylic acids is 1. The second kappa shape index (κ2) is 5.78. The van der Waals surface area contributed by atoms with Crippen molar-refractivity contribution in [3.05, 3.63) is 89.7 Å². The normalized spacial score (nSPS) is 11.0. The number of rotatable bonds is 3. The Hall–Kier alpha value is -3.20. The summed E-state index contributed by atoms with van der Waals surface area (Å²) in [6.07, 6.45) is 2.58. The zero-order valence-corrected chi connectivity index (χ0v) is 12.9. The van der Waals surface area contributed by atoms with Gasteiger partial charge in [-0.1, -0.05) is 48.5 Å². The van der Waals surface area contributed by atoms with Gasteiger partial charge in [0.1, 0.15) is 0 Å². The fraction of sp³-hybridized carbons (Fsp3) is 0.0476. The number of carboxylic acids is 1. The van der Waals surface area contributed by atoms with E-state index in [0.717, 1.165) is 33.7 Å². The summed E-state index contributed by atoms with van der Waals surface area (Å²) in [4.78, 5) is 15.8. The largest absolute Gasteiger partial charge is 0.478 e. The van der Waals surface area contributed by atoms with Crippen LogP contribution >= 0.6 is 0 Å². The molecule has 1 heterocycles. The van der Waals surface area contributed by atoms with E-state index in [1.165, 1.54) is 5.56 Å². The molecule has 0 fully saturated rings. The van der Waals surface area contributed by atoms with Crippen molar-refractivity contribution in [2.75, 3.05) is 0 Å². The molecule has 4 aromatic rings. The first-order valence-electron chi connectivity index (χ1n) is 7.80. The van der Waals surface area contributed by atoms with Gasteiger partial charge in [-0.05, 0) is 39.9 Å². The third-order valence-electron chi connectivity index (χ3n) is 4.29. The van der Waals surface area contributed by atoms with Gasteiger partial charge in [0, 0.05) is 18.0 Å². The van der Waals surface area contributed by atoms with E-state index in [0.29, 0.717) is 5.56 Å². The number of fused-ring (bicyclic) bond motifs is 3. The molecule has 0 saturated carbocycles. The highest BCUT2D eigenvalue weighted by Gasteiger charge is 2.10. The van der Waals surface area contributed by atoms with Gasteiger partial charge in [0.25, 0.3) is 0 Å². The van der Waals surface area contributed by atoms with Gasteiger partial charge in [-0.2, -0.15) is 0 Å².